The number of nitrogens with zero attached hydrogens (tertiary/aromatic N) is 4. The summed E-state index contributed by atoms with van der Waals surface area (Å²) in [4.78, 5) is 13.6. The van der Waals surface area contributed by atoms with Gasteiger partial charge in [-0.3, -0.25) is 9.69 Å². The van der Waals surface area contributed by atoms with Gasteiger partial charge in [0.15, 0.2) is 0 Å². The number of aromatic nitrogens is 3. The summed E-state index contributed by atoms with van der Waals surface area (Å²) < 4.78 is 7.28. The molecule has 1 unspecified atom stereocenters. The predicted molar refractivity (Wildman–Crippen MR) is 83.2 cm³/mol. The van der Waals surface area contributed by atoms with Crippen molar-refractivity contribution in [3.05, 3.63) is 41.0 Å². The SMILES string of the molecule is COc1ccc(C)cc1CN1Cc2nnc(C)n2CC1C(=O)O. The number of carboxylic acids is 1. The van der Waals surface area contributed by atoms with Gasteiger partial charge in [-0.2, -0.15) is 0 Å². The molecule has 122 valence electrons. The molecule has 0 spiro atoms. The number of carboxylic acid groups (broad SMARTS) is 1. The minimum absolute atomic E-state index is 0.359. The van der Waals surface area contributed by atoms with E-state index < -0.39 is 12.0 Å². The van der Waals surface area contributed by atoms with Crippen molar-refractivity contribution in [2.24, 2.45) is 0 Å². The molecular weight excluding hydrogens is 296 g/mol. The molecule has 1 N–H and O–H groups in total. The molecule has 0 saturated heterocycles. The molecule has 1 aromatic heterocycles. The van der Waals surface area contributed by atoms with Crippen LogP contribution in [-0.4, -0.2) is 43.9 Å². The van der Waals surface area contributed by atoms with Crippen molar-refractivity contribution in [1.82, 2.24) is 19.7 Å². The van der Waals surface area contributed by atoms with Crippen LogP contribution in [0.1, 0.15) is 22.8 Å². The highest BCUT2D eigenvalue weighted by atomic mass is 16.5. The van der Waals surface area contributed by atoms with Gasteiger partial charge in [-0.05, 0) is 19.9 Å². The van der Waals surface area contributed by atoms with Crippen LogP contribution in [0.3, 0.4) is 0 Å². The summed E-state index contributed by atoms with van der Waals surface area (Å²) in [6, 6.07) is 5.31. The van der Waals surface area contributed by atoms with Gasteiger partial charge in [0, 0.05) is 12.1 Å². The highest BCUT2D eigenvalue weighted by Gasteiger charge is 2.33. The van der Waals surface area contributed by atoms with Crippen LogP contribution in [0.5, 0.6) is 5.75 Å². The number of carbonyl (C=O) groups is 1. The van der Waals surface area contributed by atoms with Crippen molar-refractivity contribution in [3.63, 3.8) is 0 Å². The molecule has 7 nitrogen and oxygen atoms in total. The molecule has 1 aliphatic heterocycles. The molecule has 7 heteroatoms. The monoisotopic (exact) mass is 316 g/mol. The van der Waals surface area contributed by atoms with Crippen LogP contribution in [0.2, 0.25) is 0 Å². The molecule has 0 bridgehead atoms. The Morgan fingerprint density at radius 2 is 2.17 bits per heavy atom. The highest BCUT2D eigenvalue weighted by Crippen LogP contribution is 2.26. The molecule has 0 fully saturated rings. The van der Waals surface area contributed by atoms with Gasteiger partial charge in [0.1, 0.15) is 23.4 Å². The summed E-state index contributed by atoms with van der Waals surface area (Å²) in [5, 5.41) is 17.8. The first kappa shape index (κ1) is 15.5. The van der Waals surface area contributed by atoms with E-state index in [0.717, 1.165) is 28.5 Å². The molecule has 2 heterocycles. The molecule has 0 radical (unpaired) electrons. The number of fused-ring (bicyclic) bond motifs is 1. The number of rotatable bonds is 4. The molecule has 0 amide bonds. The first-order valence-electron chi connectivity index (χ1n) is 7.48. The van der Waals surface area contributed by atoms with Crippen molar-refractivity contribution < 1.29 is 14.6 Å². The van der Waals surface area contributed by atoms with E-state index in [-0.39, 0.29) is 0 Å². The average molecular weight is 316 g/mol. The Balaban J connectivity index is 1.92. The van der Waals surface area contributed by atoms with Crippen LogP contribution in [-0.2, 0) is 24.4 Å². The fraction of sp³-hybridized carbons (Fsp3) is 0.438. The summed E-state index contributed by atoms with van der Waals surface area (Å²) in [5.41, 5.74) is 2.09. The van der Waals surface area contributed by atoms with Crippen molar-refractivity contribution in [1.29, 1.82) is 0 Å². The number of methoxy groups -OCH3 is 1. The Morgan fingerprint density at radius 3 is 2.87 bits per heavy atom. The van der Waals surface area contributed by atoms with Crippen molar-refractivity contribution in [3.8, 4) is 5.75 Å². The molecule has 2 aromatic rings. The largest absolute Gasteiger partial charge is 0.496 e. The lowest BCUT2D eigenvalue weighted by Crippen LogP contribution is -2.47. The maximum absolute atomic E-state index is 11.7. The Morgan fingerprint density at radius 1 is 1.39 bits per heavy atom. The van der Waals surface area contributed by atoms with E-state index in [1.807, 2.05) is 41.5 Å². The molecule has 1 atom stereocenters. The maximum atomic E-state index is 11.7. The minimum atomic E-state index is -0.838. The second-order valence-corrected chi connectivity index (χ2v) is 5.85. The third kappa shape index (κ3) is 2.92. The van der Waals surface area contributed by atoms with Crippen LogP contribution in [0.15, 0.2) is 18.2 Å². The van der Waals surface area contributed by atoms with Crippen molar-refractivity contribution >= 4 is 5.97 Å². The van der Waals surface area contributed by atoms with E-state index in [1.165, 1.54) is 0 Å². The van der Waals surface area contributed by atoms with Gasteiger partial charge >= 0.3 is 5.97 Å². The Hall–Kier alpha value is -2.41. The second-order valence-electron chi connectivity index (χ2n) is 5.85. The second kappa shape index (κ2) is 6.00. The summed E-state index contributed by atoms with van der Waals surface area (Å²) >= 11 is 0. The summed E-state index contributed by atoms with van der Waals surface area (Å²) in [6.07, 6.45) is 0. The fourth-order valence-corrected chi connectivity index (χ4v) is 3.01. The van der Waals surface area contributed by atoms with Crippen molar-refractivity contribution in [2.75, 3.05) is 7.11 Å². The fourth-order valence-electron chi connectivity index (χ4n) is 3.01. The third-order valence-electron chi connectivity index (χ3n) is 4.25. The average Bonchev–Trinajstić information content (AvgIpc) is 2.87. The number of ether oxygens (including phenoxy) is 1. The molecule has 1 aliphatic rings. The van der Waals surface area contributed by atoms with E-state index in [4.69, 9.17) is 4.74 Å². The summed E-state index contributed by atoms with van der Waals surface area (Å²) in [5.74, 6) is 1.48. The van der Waals surface area contributed by atoms with Gasteiger partial charge in [-0.1, -0.05) is 17.7 Å². The highest BCUT2D eigenvalue weighted by molar-refractivity contribution is 5.73. The van der Waals surface area contributed by atoms with Gasteiger partial charge in [-0.25, -0.2) is 0 Å². The Kier molecular flexibility index (Phi) is 4.04. The van der Waals surface area contributed by atoms with Gasteiger partial charge in [-0.15, -0.1) is 10.2 Å². The number of aliphatic carboxylic acids is 1. The molecule has 0 aliphatic carbocycles. The van der Waals surface area contributed by atoms with Crippen LogP contribution in [0, 0.1) is 13.8 Å². The van der Waals surface area contributed by atoms with Gasteiger partial charge < -0.3 is 14.4 Å². The lowest BCUT2D eigenvalue weighted by molar-refractivity contribution is -0.145. The summed E-state index contributed by atoms with van der Waals surface area (Å²) in [6.45, 7) is 5.16. The summed E-state index contributed by atoms with van der Waals surface area (Å²) in [7, 11) is 1.62. The first-order valence-corrected chi connectivity index (χ1v) is 7.48. The van der Waals surface area contributed by atoms with E-state index in [2.05, 4.69) is 10.2 Å². The number of benzene rings is 1. The lowest BCUT2D eigenvalue weighted by atomic mass is 10.1. The van der Waals surface area contributed by atoms with E-state index in [0.29, 0.717) is 19.6 Å². The first-order chi connectivity index (χ1) is 11.0. The quantitative estimate of drug-likeness (QED) is 0.917. The molecule has 0 saturated carbocycles. The van der Waals surface area contributed by atoms with Crippen molar-refractivity contribution in [2.45, 2.75) is 39.5 Å². The van der Waals surface area contributed by atoms with Crippen LogP contribution in [0.4, 0.5) is 0 Å². The third-order valence-corrected chi connectivity index (χ3v) is 4.25. The van der Waals surface area contributed by atoms with Gasteiger partial charge in [0.05, 0.1) is 20.2 Å². The van der Waals surface area contributed by atoms with Crippen LogP contribution >= 0.6 is 0 Å². The maximum Gasteiger partial charge on any atom is 0.322 e. The van der Waals surface area contributed by atoms with E-state index >= 15 is 0 Å². The van der Waals surface area contributed by atoms with Crippen LogP contribution < -0.4 is 4.74 Å². The zero-order chi connectivity index (χ0) is 16.6. The predicted octanol–water partition coefficient (Wildman–Crippen LogP) is 1.37. The Labute approximate surface area is 134 Å². The van der Waals surface area contributed by atoms with Crippen LogP contribution in [0.25, 0.3) is 0 Å². The number of hydrogen-bond acceptors (Lipinski definition) is 5. The van der Waals surface area contributed by atoms with E-state index in [1.54, 1.807) is 7.11 Å². The van der Waals surface area contributed by atoms with Gasteiger partial charge in [0.25, 0.3) is 0 Å². The molecule has 23 heavy (non-hydrogen) atoms. The zero-order valence-corrected chi connectivity index (χ0v) is 13.5. The molecule has 3 rings (SSSR count). The standard InChI is InChI=1S/C16H20N4O3/c1-10-4-5-14(23-3)12(6-10)7-19-9-15-18-17-11(2)20(15)8-13(19)16(21)22/h4-6,13H,7-9H2,1-3H3,(H,21,22). The normalized spacial score (nSPS) is 17.8. The lowest BCUT2D eigenvalue weighted by Gasteiger charge is -2.33. The smallest absolute Gasteiger partial charge is 0.322 e. The van der Waals surface area contributed by atoms with Gasteiger partial charge in [0.2, 0.25) is 0 Å². The molecular formula is C16H20N4O3. The number of aryl methyl sites for hydroxylation is 2. The minimum Gasteiger partial charge on any atom is -0.496 e. The number of hydrogen-bond donors (Lipinski definition) is 1. The molecule has 1 aromatic carbocycles. The zero-order valence-electron chi connectivity index (χ0n) is 13.5. The topological polar surface area (TPSA) is 80.5 Å². The Bertz CT molecular complexity index is 741. The van der Waals surface area contributed by atoms with E-state index in [9.17, 15) is 9.90 Å².